The van der Waals surface area contributed by atoms with Gasteiger partial charge in [0.2, 0.25) is 10.0 Å². The molecule has 0 saturated carbocycles. The van der Waals surface area contributed by atoms with Crippen LogP contribution >= 0.6 is 0 Å². The second-order valence-corrected chi connectivity index (χ2v) is 9.11. The molecule has 152 valence electrons. The molecule has 1 N–H and O–H groups in total. The summed E-state index contributed by atoms with van der Waals surface area (Å²) in [5.41, 5.74) is 1.77. The van der Waals surface area contributed by atoms with Crippen LogP contribution in [0.4, 0.5) is 4.39 Å². The average Bonchev–Trinajstić information content (AvgIpc) is 2.69. The maximum absolute atomic E-state index is 13.6. The minimum absolute atomic E-state index is 0.000349. The maximum Gasteiger partial charge on any atom is 0.215 e. The summed E-state index contributed by atoms with van der Waals surface area (Å²) in [6, 6.07) is 14.1. The molecule has 1 heterocycles. The Balaban J connectivity index is 1.52. The van der Waals surface area contributed by atoms with Gasteiger partial charge >= 0.3 is 0 Å². The number of rotatable bonds is 8. The first-order valence-electron chi connectivity index (χ1n) is 9.51. The molecule has 0 spiro atoms. The maximum atomic E-state index is 13.6. The van der Waals surface area contributed by atoms with E-state index < -0.39 is 10.0 Å². The summed E-state index contributed by atoms with van der Waals surface area (Å²) in [6.45, 7) is 2.91. The Bertz CT molecular complexity index is 874. The molecular weight excluding hydrogens is 379 g/mol. The molecule has 28 heavy (non-hydrogen) atoms. The number of piperidine rings is 1. The van der Waals surface area contributed by atoms with Gasteiger partial charge in [0.05, 0.1) is 12.9 Å². The monoisotopic (exact) mass is 406 g/mol. The van der Waals surface area contributed by atoms with Gasteiger partial charge in [0, 0.05) is 19.6 Å². The van der Waals surface area contributed by atoms with Crippen molar-refractivity contribution in [2.24, 2.45) is 5.92 Å². The third-order valence-corrected chi connectivity index (χ3v) is 6.34. The Kier molecular flexibility index (Phi) is 7.04. The zero-order valence-electron chi connectivity index (χ0n) is 16.1. The molecule has 0 aliphatic carbocycles. The molecule has 0 radical (unpaired) electrons. The van der Waals surface area contributed by atoms with Crippen LogP contribution in [0.2, 0.25) is 0 Å². The fraction of sp³-hybridized carbons (Fsp3) is 0.429. The zero-order chi connectivity index (χ0) is 20.0. The minimum atomic E-state index is -3.35. The number of halogens is 1. The van der Waals surface area contributed by atoms with Crippen LogP contribution in [-0.2, 0) is 22.3 Å². The van der Waals surface area contributed by atoms with E-state index in [0.717, 1.165) is 37.1 Å². The molecule has 1 atom stereocenters. The van der Waals surface area contributed by atoms with Crippen molar-refractivity contribution in [1.29, 1.82) is 0 Å². The van der Waals surface area contributed by atoms with Crippen molar-refractivity contribution >= 4 is 10.0 Å². The van der Waals surface area contributed by atoms with E-state index in [2.05, 4.69) is 9.62 Å². The molecule has 0 aromatic heterocycles. The molecule has 1 aliphatic heterocycles. The lowest BCUT2D eigenvalue weighted by molar-refractivity contribution is 0.168. The Morgan fingerprint density at radius 1 is 1.18 bits per heavy atom. The summed E-state index contributed by atoms with van der Waals surface area (Å²) >= 11 is 0. The van der Waals surface area contributed by atoms with Crippen LogP contribution < -0.4 is 9.46 Å². The highest BCUT2D eigenvalue weighted by Gasteiger charge is 2.22. The van der Waals surface area contributed by atoms with Gasteiger partial charge in [0.1, 0.15) is 0 Å². The predicted octanol–water partition coefficient (Wildman–Crippen LogP) is 3.17. The van der Waals surface area contributed by atoms with Crippen LogP contribution in [0.5, 0.6) is 5.75 Å². The van der Waals surface area contributed by atoms with E-state index >= 15 is 0 Å². The van der Waals surface area contributed by atoms with E-state index in [1.807, 2.05) is 30.3 Å². The highest BCUT2D eigenvalue weighted by atomic mass is 32.2. The van der Waals surface area contributed by atoms with Crippen molar-refractivity contribution in [3.8, 4) is 5.75 Å². The third kappa shape index (κ3) is 6.02. The molecule has 1 saturated heterocycles. The molecule has 1 unspecified atom stereocenters. The summed E-state index contributed by atoms with van der Waals surface area (Å²) in [5.74, 6) is 0.150. The number of sulfonamides is 1. The van der Waals surface area contributed by atoms with Gasteiger partial charge in [-0.05, 0) is 48.6 Å². The fourth-order valence-corrected chi connectivity index (χ4v) is 4.83. The van der Waals surface area contributed by atoms with Crippen molar-refractivity contribution in [2.45, 2.75) is 25.1 Å². The first-order chi connectivity index (χ1) is 13.4. The summed E-state index contributed by atoms with van der Waals surface area (Å²) in [6.07, 6.45) is 2.01. The van der Waals surface area contributed by atoms with E-state index in [1.165, 1.54) is 13.2 Å². The highest BCUT2D eigenvalue weighted by molar-refractivity contribution is 7.88. The second kappa shape index (κ2) is 9.49. The van der Waals surface area contributed by atoms with Crippen LogP contribution in [0.25, 0.3) is 0 Å². The lowest BCUT2D eigenvalue weighted by atomic mass is 9.98. The topological polar surface area (TPSA) is 58.6 Å². The second-order valence-electron chi connectivity index (χ2n) is 7.31. The normalized spacial score (nSPS) is 18.1. The smallest absolute Gasteiger partial charge is 0.215 e. The van der Waals surface area contributed by atoms with Crippen LogP contribution in [0, 0.1) is 11.7 Å². The minimum Gasteiger partial charge on any atom is -0.494 e. The van der Waals surface area contributed by atoms with Gasteiger partial charge in [-0.3, -0.25) is 4.90 Å². The first-order valence-corrected chi connectivity index (χ1v) is 11.2. The molecule has 2 aromatic carbocycles. The molecule has 2 aromatic rings. The average molecular weight is 407 g/mol. The number of hydrogen-bond donors (Lipinski definition) is 1. The van der Waals surface area contributed by atoms with Crippen LogP contribution in [0.1, 0.15) is 24.0 Å². The standard InChI is InChI=1S/C21H27FN2O3S/c1-27-21-12-18(9-10-20(21)22)14-24-11-5-8-19(15-24)13-23-28(25,26)16-17-6-3-2-4-7-17/h2-4,6-7,9-10,12,19,23H,5,8,11,13-16H2,1H3. The van der Waals surface area contributed by atoms with Crippen molar-refractivity contribution in [1.82, 2.24) is 9.62 Å². The predicted molar refractivity (Wildman–Crippen MR) is 108 cm³/mol. The molecular formula is C21H27FN2O3S. The Morgan fingerprint density at radius 3 is 2.71 bits per heavy atom. The number of benzene rings is 2. The van der Waals surface area contributed by atoms with Gasteiger partial charge in [-0.2, -0.15) is 0 Å². The highest BCUT2D eigenvalue weighted by Crippen LogP contribution is 2.22. The van der Waals surface area contributed by atoms with E-state index in [1.54, 1.807) is 12.1 Å². The van der Waals surface area contributed by atoms with Crippen LogP contribution in [0.3, 0.4) is 0 Å². The van der Waals surface area contributed by atoms with E-state index in [4.69, 9.17) is 4.74 Å². The number of nitrogens with one attached hydrogen (secondary N) is 1. The number of ether oxygens (including phenoxy) is 1. The third-order valence-electron chi connectivity index (χ3n) is 5.02. The lowest BCUT2D eigenvalue weighted by Crippen LogP contribution is -2.40. The summed E-state index contributed by atoms with van der Waals surface area (Å²) < 4.78 is 46.1. The summed E-state index contributed by atoms with van der Waals surface area (Å²) in [5, 5.41) is 0. The largest absolute Gasteiger partial charge is 0.494 e. The zero-order valence-corrected chi connectivity index (χ0v) is 16.9. The quantitative estimate of drug-likeness (QED) is 0.732. The molecule has 0 bridgehead atoms. The van der Waals surface area contributed by atoms with Gasteiger partial charge in [-0.25, -0.2) is 17.5 Å². The van der Waals surface area contributed by atoms with Gasteiger partial charge in [-0.1, -0.05) is 36.4 Å². The van der Waals surface area contributed by atoms with Crippen molar-refractivity contribution in [2.75, 3.05) is 26.7 Å². The first kappa shape index (κ1) is 20.8. The molecule has 0 amide bonds. The Morgan fingerprint density at radius 2 is 1.96 bits per heavy atom. The van der Waals surface area contributed by atoms with Crippen LogP contribution in [-0.4, -0.2) is 40.1 Å². The van der Waals surface area contributed by atoms with Gasteiger partial charge in [-0.15, -0.1) is 0 Å². The number of hydrogen-bond acceptors (Lipinski definition) is 4. The molecule has 3 rings (SSSR count). The van der Waals surface area contributed by atoms with Gasteiger partial charge in [0.25, 0.3) is 0 Å². The van der Waals surface area contributed by atoms with E-state index in [0.29, 0.717) is 13.1 Å². The summed E-state index contributed by atoms with van der Waals surface area (Å²) in [4.78, 5) is 2.28. The van der Waals surface area contributed by atoms with Gasteiger partial charge in [0.15, 0.2) is 11.6 Å². The van der Waals surface area contributed by atoms with Crippen molar-refractivity contribution < 1.29 is 17.5 Å². The van der Waals surface area contributed by atoms with Crippen LogP contribution in [0.15, 0.2) is 48.5 Å². The van der Waals surface area contributed by atoms with E-state index in [-0.39, 0.29) is 23.2 Å². The van der Waals surface area contributed by atoms with Gasteiger partial charge < -0.3 is 4.74 Å². The Hall–Kier alpha value is -1.96. The molecule has 1 aliphatic rings. The van der Waals surface area contributed by atoms with Crippen molar-refractivity contribution in [3.05, 3.63) is 65.5 Å². The van der Waals surface area contributed by atoms with E-state index in [9.17, 15) is 12.8 Å². The number of methoxy groups -OCH3 is 1. The molecule has 7 heteroatoms. The fourth-order valence-electron chi connectivity index (χ4n) is 3.61. The SMILES string of the molecule is COc1cc(CN2CCCC(CNS(=O)(=O)Cc3ccccc3)C2)ccc1F. The molecule has 1 fully saturated rings. The van der Waals surface area contributed by atoms with Crippen molar-refractivity contribution in [3.63, 3.8) is 0 Å². The number of nitrogens with zero attached hydrogens (tertiary/aromatic N) is 1. The lowest BCUT2D eigenvalue weighted by Gasteiger charge is -2.32. The Labute approximate surface area is 166 Å². The number of likely N-dealkylation sites (tertiary alicyclic amines) is 1. The summed E-state index contributed by atoms with van der Waals surface area (Å²) in [7, 11) is -1.89. The molecule has 5 nitrogen and oxygen atoms in total.